The summed E-state index contributed by atoms with van der Waals surface area (Å²) in [5, 5.41) is 69.0. The van der Waals surface area contributed by atoms with E-state index in [0.29, 0.717) is 36.3 Å². The van der Waals surface area contributed by atoms with Gasteiger partial charge in [-0.3, -0.25) is 9.59 Å². The van der Waals surface area contributed by atoms with E-state index in [0.717, 1.165) is 12.5 Å². The van der Waals surface area contributed by atoms with E-state index in [-0.39, 0.29) is 18.2 Å². The minimum absolute atomic E-state index is 0.00865. The van der Waals surface area contributed by atoms with E-state index in [1.165, 1.54) is 6.08 Å². The summed E-state index contributed by atoms with van der Waals surface area (Å²) in [4.78, 5) is 87.0. The summed E-state index contributed by atoms with van der Waals surface area (Å²) < 4.78 is 26.3. The first-order valence-corrected chi connectivity index (χ1v) is 16.3. The average Bonchev–Trinajstić information content (AvgIpc) is 3.45. The van der Waals surface area contributed by atoms with Crippen LogP contribution in [-0.2, 0) is 71.0 Å². The second-order valence-corrected chi connectivity index (χ2v) is 13.2. The Labute approximate surface area is 299 Å². The molecule has 1 saturated heterocycles. The van der Waals surface area contributed by atoms with Crippen LogP contribution >= 0.6 is 0 Å². The Bertz CT molecular complexity index is 1760. The summed E-state index contributed by atoms with van der Waals surface area (Å²) in [5.74, 6) is -11.7. The first kappa shape index (κ1) is 39.1. The number of aliphatic carboxylic acids is 3. The highest BCUT2D eigenvalue weighted by Gasteiger charge is 2.72. The van der Waals surface area contributed by atoms with E-state index in [2.05, 4.69) is 4.74 Å². The third-order valence-corrected chi connectivity index (χ3v) is 10.0. The number of aliphatic hydroxyl groups excluding tert-OH is 3. The van der Waals surface area contributed by atoms with E-state index in [9.17, 15) is 54.0 Å². The van der Waals surface area contributed by atoms with Crippen molar-refractivity contribution in [3.05, 3.63) is 40.7 Å². The van der Waals surface area contributed by atoms with Gasteiger partial charge >= 0.3 is 41.8 Å². The molecule has 9 atom stereocenters. The van der Waals surface area contributed by atoms with Gasteiger partial charge in [0.05, 0.1) is 30.5 Å². The molecule has 2 aliphatic carbocycles. The summed E-state index contributed by atoms with van der Waals surface area (Å²) in [6.07, 6.45) is -13.3. The molecule has 0 unspecified atom stereocenters. The molecule has 1 fully saturated rings. The summed E-state index contributed by atoms with van der Waals surface area (Å²) in [7, 11) is 1.88. The summed E-state index contributed by atoms with van der Waals surface area (Å²) >= 11 is 0. The van der Waals surface area contributed by atoms with Crippen LogP contribution in [0.4, 0.5) is 0 Å². The smallest absolute Gasteiger partial charge is 0.348 e. The minimum Gasteiger partial charge on any atom is -0.481 e. The number of carboxylic acids is 3. The topological polar surface area (TPSA) is 310 Å². The number of nitrogens with zero attached hydrogens (tertiary/aromatic N) is 1. The molecule has 0 saturated carbocycles. The van der Waals surface area contributed by atoms with Crippen molar-refractivity contribution in [3.63, 3.8) is 0 Å². The highest BCUT2D eigenvalue weighted by atomic mass is 16.6. The van der Waals surface area contributed by atoms with Crippen LogP contribution in [0.5, 0.6) is 5.75 Å². The molecule has 2 bridgehead atoms. The predicted octanol–water partition coefficient (Wildman–Crippen LogP) is -2.49. The molecule has 1 aromatic rings. The first-order chi connectivity index (χ1) is 24.9. The lowest BCUT2D eigenvalue weighted by Gasteiger charge is -2.61. The SMILES string of the molecule is C[C@H](OC(=O)[C@H](CC(=O)OC1=CC[C@@]2(O)[C@H]3Cc4ccc(CO)c5c4[C@@]2(CCN3C)[C@H]1O5)OC(=O)[C@H](O)[C@@H](O)C(=O)O)C(=O)O[C@H](CC(=O)O)C(=O)O. The highest BCUT2D eigenvalue weighted by Crippen LogP contribution is 2.64. The van der Waals surface area contributed by atoms with Gasteiger partial charge in [-0.05, 0) is 45.0 Å². The number of carbonyl (C=O) groups excluding carboxylic acids is 4. The lowest BCUT2D eigenvalue weighted by molar-refractivity contribution is -0.189. The number of rotatable bonds is 15. The molecule has 0 aromatic heterocycles. The van der Waals surface area contributed by atoms with Crippen LogP contribution in [0.1, 0.15) is 49.3 Å². The van der Waals surface area contributed by atoms with Crippen LogP contribution in [0.2, 0.25) is 0 Å². The monoisotopic (exact) mass is 751 g/mol. The largest absolute Gasteiger partial charge is 0.481 e. The second kappa shape index (κ2) is 14.7. The van der Waals surface area contributed by atoms with E-state index < -0.39 is 109 Å². The van der Waals surface area contributed by atoms with Crippen LogP contribution in [0.3, 0.4) is 0 Å². The van der Waals surface area contributed by atoms with Crippen LogP contribution in [-0.4, -0.2) is 144 Å². The minimum atomic E-state index is -2.77. The number of likely N-dealkylation sites (tertiary alicyclic amines) is 1. The fraction of sp³-hybridized carbons (Fsp3) is 0.545. The third-order valence-electron chi connectivity index (χ3n) is 10.0. The quantitative estimate of drug-likeness (QED) is 0.0720. The lowest BCUT2D eigenvalue weighted by Crippen LogP contribution is -2.74. The molecule has 288 valence electrons. The first-order valence-electron chi connectivity index (χ1n) is 16.3. The second-order valence-electron chi connectivity index (χ2n) is 13.2. The Morgan fingerprint density at radius 2 is 1.60 bits per heavy atom. The zero-order valence-corrected chi connectivity index (χ0v) is 28.2. The molecule has 2 aliphatic heterocycles. The van der Waals surface area contributed by atoms with Crippen molar-refractivity contribution in [3.8, 4) is 5.75 Å². The number of hydrogen-bond acceptors (Lipinski definition) is 17. The molecular weight excluding hydrogens is 714 g/mol. The number of hydrogen-bond donors (Lipinski definition) is 7. The van der Waals surface area contributed by atoms with Crippen molar-refractivity contribution < 1.29 is 93.0 Å². The summed E-state index contributed by atoms with van der Waals surface area (Å²) in [6.45, 7) is 0.997. The van der Waals surface area contributed by atoms with E-state index in [1.807, 2.05) is 18.0 Å². The predicted molar refractivity (Wildman–Crippen MR) is 166 cm³/mol. The molecule has 1 spiro atoms. The molecule has 7 N–H and O–H groups in total. The van der Waals surface area contributed by atoms with Gasteiger partial charge in [0.25, 0.3) is 0 Å². The van der Waals surface area contributed by atoms with E-state index >= 15 is 0 Å². The number of carboxylic acid groups (broad SMARTS) is 3. The number of esters is 4. The Morgan fingerprint density at radius 1 is 0.925 bits per heavy atom. The number of ether oxygens (including phenoxy) is 5. The van der Waals surface area contributed by atoms with Gasteiger partial charge in [-0.2, -0.15) is 0 Å². The zero-order chi connectivity index (χ0) is 39.2. The van der Waals surface area contributed by atoms with E-state index in [1.54, 1.807) is 6.07 Å². The Morgan fingerprint density at radius 3 is 2.23 bits per heavy atom. The molecule has 53 heavy (non-hydrogen) atoms. The van der Waals surface area contributed by atoms with Gasteiger partial charge in [0.2, 0.25) is 12.2 Å². The molecular formula is C33H37NO19. The number of carbonyl (C=O) groups is 7. The van der Waals surface area contributed by atoms with E-state index in [4.69, 9.17) is 34.3 Å². The van der Waals surface area contributed by atoms with Gasteiger partial charge in [-0.1, -0.05) is 12.1 Å². The molecule has 20 heteroatoms. The van der Waals surface area contributed by atoms with Gasteiger partial charge in [-0.25, -0.2) is 24.0 Å². The number of benzene rings is 1. The Hall–Kier alpha value is -5.15. The maximum absolute atomic E-state index is 13.5. The van der Waals surface area contributed by atoms with Crippen LogP contribution in [0, 0.1) is 0 Å². The number of piperidine rings is 1. The zero-order valence-electron chi connectivity index (χ0n) is 28.2. The average molecular weight is 752 g/mol. The fourth-order valence-corrected chi connectivity index (χ4v) is 7.48. The molecule has 1 aromatic carbocycles. The van der Waals surface area contributed by atoms with Crippen molar-refractivity contribution in [1.29, 1.82) is 0 Å². The molecule has 0 radical (unpaired) electrons. The van der Waals surface area contributed by atoms with Gasteiger partial charge in [0.1, 0.15) is 11.5 Å². The van der Waals surface area contributed by atoms with Crippen LogP contribution in [0.25, 0.3) is 0 Å². The van der Waals surface area contributed by atoms with Crippen LogP contribution in [0.15, 0.2) is 24.0 Å². The van der Waals surface area contributed by atoms with Gasteiger partial charge in [-0.15, -0.1) is 0 Å². The highest BCUT2D eigenvalue weighted by molar-refractivity contribution is 5.90. The van der Waals surface area contributed by atoms with Gasteiger partial charge in [0.15, 0.2) is 24.4 Å². The fourth-order valence-electron chi connectivity index (χ4n) is 7.48. The Kier molecular flexibility index (Phi) is 10.8. The van der Waals surface area contributed by atoms with Gasteiger partial charge < -0.3 is 64.3 Å². The maximum Gasteiger partial charge on any atom is 0.348 e. The molecule has 2 heterocycles. The molecule has 4 aliphatic rings. The van der Waals surface area contributed by atoms with Crippen LogP contribution < -0.4 is 4.74 Å². The maximum atomic E-state index is 13.5. The van der Waals surface area contributed by atoms with Crippen molar-refractivity contribution >= 4 is 41.8 Å². The number of likely N-dealkylation sites (N-methyl/N-ethyl adjacent to an activating group) is 1. The molecule has 20 nitrogen and oxygen atoms in total. The molecule has 0 amide bonds. The van der Waals surface area contributed by atoms with Crippen molar-refractivity contribution in [2.75, 3.05) is 13.6 Å². The summed E-state index contributed by atoms with van der Waals surface area (Å²) in [6, 6.07) is 3.19. The normalized spacial score (nSPS) is 26.6. The lowest BCUT2D eigenvalue weighted by atomic mass is 9.50. The van der Waals surface area contributed by atoms with Crippen molar-refractivity contribution in [2.24, 2.45) is 0 Å². The standard InChI is InChI=1S/C33H37NO19/c1-13(29(45)51-17(27(41)42)10-20(36)37)49-30(46)18(52-31(47)24(40)23(39)28(43)44)11-21(38)50-16-5-6-33(48)19-9-14-3-4-15(12-35)25-22(14)32(33,26(16)53-25)7-8-34(19)2/h3-5,13,17-19,23-24,26,35,39-40,48H,6-12H2,1-2H3,(H,36,37)(H,41,42)(H,43,44)/t13-,17+,18-,19+,23+,24+,26-,32-,33+/m0/s1. The number of aliphatic hydroxyl groups is 4. The van der Waals surface area contributed by atoms with Crippen molar-refractivity contribution in [2.45, 2.75) is 99.3 Å². The van der Waals surface area contributed by atoms with Crippen molar-refractivity contribution in [1.82, 2.24) is 4.90 Å². The van der Waals surface area contributed by atoms with Gasteiger partial charge in [0, 0.05) is 23.6 Å². The Balaban J connectivity index is 1.38. The third kappa shape index (κ3) is 6.90. The molecule has 5 rings (SSSR count). The summed E-state index contributed by atoms with van der Waals surface area (Å²) in [5.41, 5.74) is -0.548.